The fourth-order valence-corrected chi connectivity index (χ4v) is 2.48. The zero-order valence-corrected chi connectivity index (χ0v) is 9.82. The maximum Gasteiger partial charge on any atom is 0.217 e. The van der Waals surface area contributed by atoms with Crippen LogP contribution >= 0.6 is 0 Å². The van der Waals surface area contributed by atoms with Gasteiger partial charge in [-0.3, -0.25) is 0 Å². The molecule has 14 heavy (non-hydrogen) atoms. The molecule has 1 rings (SSSR count). The van der Waals surface area contributed by atoms with Crippen molar-refractivity contribution in [2.24, 2.45) is 0 Å². The normalized spacial score (nSPS) is 21.7. The standard InChI is InChI=1S/C9H19NO3S/c1-8(2,3)14(12,13)10-9(7-11)5-4-6-9/h10-11H,4-7H2,1-3H3. The summed E-state index contributed by atoms with van der Waals surface area (Å²) in [4.78, 5) is 0. The van der Waals surface area contributed by atoms with E-state index in [0.717, 1.165) is 19.3 Å². The minimum Gasteiger partial charge on any atom is -0.394 e. The molecule has 0 aliphatic heterocycles. The van der Waals surface area contributed by atoms with E-state index in [2.05, 4.69) is 4.72 Å². The van der Waals surface area contributed by atoms with Crippen molar-refractivity contribution in [2.45, 2.75) is 50.3 Å². The van der Waals surface area contributed by atoms with Crippen LogP contribution in [0.4, 0.5) is 0 Å². The van der Waals surface area contributed by atoms with Crippen molar-refractivity contribution < 1.29 is 13.5 Å². The van der Waals surface area contributed by atoms with Crippen molar-refractivity contribution in [1.29, 1.82) is 0 Å². The summed E-state index contributed by atoms with van der Waals surface area (Å²) in [7, 11) is -3.34. The van der Waals surface area contributed by atoms with E-state index in [9.17, 15) is 8.42 Å². The summed E-state index contributed by atoms with van der Waals surface area (Å²) in [6, 6.07) is 0. The highest BCUT2D eigenvalue weighted by Crippen LogP contribution is 2.33. The van der Waals surface area contributed by atoms with Crippen LogP contribution in [0.2, 0.25) is 0 Å². The fourth-order valence-electron chi connectivity index (χ4n) is 1.33. The maximum atomic E-state index is 11.8. The van der Waals surface area contributed by atoms with Crippen molar-refractivity contribution in [3.8, 4) is 0 Å². The molecule has 2 N–H and O–H groups in total. The monoisotopic (exact) mass is 221 g/mol. The summed E-state index contributed by atoms with van der Waals surface area (Å²) in [5.41, 5.74) is -0.577. The van der Waals surface area contributed by atoms with Gasteiger partial charge in [0.15, 0.2) is 0 Å². The molecule has 0 spiro atoms. The van der Waals surface area contributed by atoms with Gasteiger partial charge in [0.1, 0.15) is 0 Å². The van der Waals surface area contributed by atoms with Gasteiger partial charge in [0.25, 0.3) is 0 Å². The van der Waals surface area contributed by atoms with E-state index in [1.54, 1.807) is 20.8 Å². The van der Waals surface area contributed by atoms with Crippen LogP contribution in [0.3, 0.4) is 0 Å². The molecule has 0 heterocycles. The van der Waals surface area contributed by atoms with E-state index in [4.69, 9.17) is 5.11 Å². The minimum atomic E-state index is -3.34. The average Bonchev–Trinajstić information content (AvgIpc) is 1.94. The first kappa shape index (κ1) is 11.9. The molecule has 0 aromatic heterocycles. The maximum absolute atomic E-state index is 11.8. The van der Waals surface area contributed by atoms with Gasteiger partial charge in [-0.2, -0.15) is 0 Å². The van der Waals surface area contributed by atoms with Gasteiger partial charge in [0, 0.05) is 0 Å². The van der Waals surface area contributed by atoms with Crippen LogP contribution in [-0.4, -0.2) is 30.4 Å². The Morgan fingerprint density at radius 3 is 2.07 bits per heavy atom. The first-order valence-corrected chi connectivity index (χ1v) is 6.35. The second-order valence-electron chi connectivity index (χ2n) is 5.01. The van der Waals surface area contributed by atoms with Gasteiger partial charge in [0.05, 0.1) is 16.9 Å². The van der Waals surface area contributed by atoms with Gasteiger partial charge in [-0.25, -0.2) is 13.1 Å². The summed E-state index contributed by atoms with van der Waals surface area (Å²) in [6.45, 7) is 4.85. The second kappa shape index (κ2) is 3.47. The zero-order chi connectivity index (χ0) is 11.0. The van der Waals surface area contributed by atoms with Crippen molar-refractivity contribution in [3.63, 3.8) is 0 Å². The molecule has 1 saturated carbocycles. The lowest BCUT2D eigenvalue weighted by atomic mass is 9.78. The number of hydrogen-bond acceptors (Lipinski definition) is 3. The molecule has 1 aliphatic rings. The quantitative estimate of drug-likeness (QED) is 0.734. The van der Waals surface area contributed by atoms with Gasteiger partial charge in [-0.15, -0.1) is 0 Å². The van der Waals surface area contributed by atoms with Gasteiger partial charge in [-0.1, -0.05) is 0 Å². The summed E-state index contributed by atoms with van der Waals surface area (Å²) in [6.07, 6.45) is 2.45. The Morgan fingerprint density at radius 1 is 1.36 bits per heavy atom. The lowest BCUT2D eigenvalue weighted by molar-refractivity contribution is 0.110. The average molecular weight is 221 g/mol. The number of hydrogen-bond donors (Lipinski definition) is 2. The third-order valence-electron chi connectivity index (χ3n) is 2.77. The van der Waals surface area contributed by atoms with Crippen LogP contribution < -0.4 is 4.72 Å². The third kappa shape index (κ3) is 2.10. The molecule has 0 unspecified atom stereocenters. The molecule has 0 atom stereocenters. The van der Waals surface area contributed by atoms with Crippen molar-refractivity contribution in [3.05, 3.63) is 0 Å². The van der Waals surface area contributed by atoms with Crippen molar-refractivity contribution >= 4 is 10.0 Å². The van der Waals surface area contributed by atoms with Crippen LogP contribution in [0.1, 0.15) is 40.0 Å². The van der Waals surface area contributed by atoms with E-state index in [1.165, 1.54) is 0 Å². The molecule has 0 saturated heterocycles. The smallest absolute Gasteiger partial charge is 0.217 e. The van der Waals surface area contributed by atoms with Gasteiger partial charge in [-0.05, 0) is 40.0 Å². The summed E-state index contributed by atoms with van der Waals surface area (Å²) < 4.78 is 25.4. The van der Waals surface area contributed by atoms with Crippen LogP contribution in [0.25, 0.3) is 0 Å². The number of nitrogens with one attached hydrogen (secondary N) is 1. The predicted octanol–water partition coefficient (Wildman–Crippen LogP) is 0.619. The highest BCUT2D eigenvalue weighted by atomic mass is 32.2. The van der Waals surface area contributed by atoms with Crippen LogP contribution in [0, 0.1) is 0 Å². The zero-order valence-electron chi connectivity index (χ0n) is 9.00. The van der Waals surface area contributed by atoms with Crippen LogP contribution in [0.5, 0.6) is 0 Å². The van der Waals surface area contributed by atoms with E-state index >= 15 is 0 Å². The topological polar surface area (TPSA) is 66.4 Å². The lowest BCUT2D eigenvalue weighted by Crippen LogP contribution is -2.59. The molecule has 0 radical (unpaired) electrons. The number of aliphatic hydroxyl groups is 1. The van der Waals surface area contributed by atoms with Crippen molar-refractivity contribution in [2.75, 3.05) is 6.61 Å². The molecule has 5 heteroatoms. The molecule has 0 bridgehead atoms. The lowest BCUT2D eigenvalue weighted by Gasteiger charge is -2.42. The molecular formula is C9H19NO3S. The molecule has 0 amide bonds. The first-order valence-electron chi connectivity index (χ1n) is 4.87. The van der Waals surface area contributed by atoms with E-state index in [0.29, 0.717) is 0 Å². The molecule has 4 nitrogen and oxygen atoms in total. The van der Waals surface area contributed by atoms with E-state index < -0.39 is 20.3 Å². The minimum absolute atomic E-state index is 0.109. The summed E-state index contributed by atoms with van der Waals surface area (Å²) in [5, 5.41) is 9.14. The molecule has 0 aromatic rings. The molecule has 1 fully saturated rings. The molecule has 84 valence electrons. The first-order chi connectivity index (χ1) is 6.22. The van der Waals surface area contributed by atoms with Crippen molar-refractivity contribution in [1.82, 2.24) is 4.72 Å². The number of aliphatic hydroxyl groups excluding tert-OH is 1. The Kier molecular flexibility index (Phi) is 2.96. The SMILES string of the molecule is CC(C)(C)S(=O)(=O)NC1(CO)CCC1. The van der Waals surface area contributed by atoms with Crippen LogP contribution in [0.15, 0.2) is 0 Å². The Labute approximate surface area is 85.8 Å². The second-order valence-corrected chi connectivity index (χ2v) is 7.45. The number of rotatable bonds is 3. The molecule has 0 aromatic carbocycles. The van der Waals surface area contributed by atoms with E-state index in [-0.39, 0.29) is 6.61 Å². The predicted molar refractivity (Wildman–Crippen MR) is 55.5 cm³/mol. The molecule has 1 aliphatic carbocycles. The highest BCUT2D eigenvalue weighted by molar-refractivity contribution is 7.90. The summed E-state index contributed by atoms with van der Waals surface area (Å²) >= 11 is 0. The Balaban J connectivity index is 2.78. The van der Waals surface area contributed by atoms with Gasteiger partial charge >= 0.3 is 0 Å². The Hall–Kier alpha value is -0.130. The van der Waals surface area contributed by atoms with Gasteiger partial charge < -0.3 is 5.11 Å². The van der Waals surface area contributed by atoms with Gasteiger partial charge in [0.2, 0.25) is 10.0 Å². The third-order valence-corrected chi connectivity index (χ3v) is 5.08. The Morgan fingerprint density at radius 2 is 1.86 bits per heavy atom. The highest BCUT2D eigenvalue weighted by Gasteiger charge is 2.43. The van der Waals surface area contributed by atoms with E-state index in [1.807, 2.05) is 0 Å². The Bertz CT molecular complexity index is 293. The van der Waals surface area contributed by atoms with Crippen LogP contribution in [-0.2, 0) is 10.0 Å². The molecular weight excluding hydrogens is 202 g/mol. The number of sulfonamides is 1. The fraction of sp³-hybridized carbons (Fsp3) is 1.00. The summed E-state index contributed by atoms with van der Waals surface area (Å²) in [5.74, 6) is 0. The largest absolute Gasteiger partial charge is 0.394 e.